The minimum Gasteiger partial charge on any atom is -0.348 e. The van der Waals surface area contributed by atoms with E-state index in [1.165, 1.54) is 37.3 Å². The van der Waals surface area contributed by atoms with Gasteiger partial charge in [-0.1, -0.05) is 38.5 Å². The molecule has 3 rings (SSSR count). The number of carbonyl (C=O) groups is 1. The molecule has 1 aliphatic carbocycles. The van der Waals surface area contributed by atoms with Crippen molar-refractivity contribution in [1.29, 1.82) is 0 Å². The summed E-state index contributed by atoms with van der Waals surface area (Å²) in [6.07, 6.45) is 8.39. The van der Waals surface area contributed by atoms with Gasteiger partial charge in [-0.05, 0) is 54.0 Å². The van der Waals surface area contributed by atoms with Gasteiger partial charge in [0.05, 0.1) is 5.69 Å². The highest BCUT2D eigenvalue weighted by Crippen LogP contribution is 2.37. The lowest BCUT2D eigenvalue weighted by Gasteiger charge is -2.27. The Morgan fingerprint density at radius 1 is 1.32 bits per heavy atom. The fourth-order valence-electron chi connectivity index (χ4n) is 3.65. The van der Waals surface area contributed by atoms with Crippen LogP contribution < -0.4 is 5.32 Å². The van der Waals surface area contributed by atoms with E-state index in [0.29, 0.717) is 12.5 Å². The zero-order chi connectivity index (χ0) is 17.8. The first-order chi connectivity index (χ1) is 12.1. The van der Waals surface area contributed by atoms with Gasteiger partial charge in [0.1, 0.15) is 0 Å². The summed E-state index contributed by atoms with van der Waals surface area (Å²) in [5, 5.41) is 7.45. The van der Waals surface area contributed by atoms with Gasteiger partial charge in [0.2, 0.25) is 5.91 Å². The maximum atomic E-state index is 11.5. The lowest BCUT2D eigenvalue weighted by Crippen LogP contribution is -2.20. The predicted octanol–water partition coefficient (Wildman–Crippen LogP) is 4.18. The third-order valence-corrected chi connectivity index (χ3v) is 5.25. The standard InChI is InChI=1S/C21H27N3O/c1-4-21(25)22-14-18-10-9-17(16-7-5-15(2)6-8-16)13-19(18)20-11-12-24(3)23-20/h4,9-13,15-16H,1,5-8,14H2,2-3H3,(H,22,25)/t15-,16+. The smallest absolute Gasteiger partial charge is 0.243 e. The third-order valence-electron chi connectivity index (χ3n) is 5.25. The summed E-state index contributed by atoms with van der Waals surface area (Å²) in [4.78, 5) is 11.5. The Bertz CT molecular complexity index is 754. The van der Waals surface area contributed by atoms with Crippen LogP contribution in [0.3, 0.4) is 0 Å². The highest BCUT2D eigenvalue weighted by atomic mass is 16.1. The summed E-state index contributed by atoms with van der Waals surface area (Å²) < 4.78 is 1.82. The Morgan fingerprint density at radius 3 is 2.72 bits per heavy atom. The van der Waals surface area contributed by atoms with Crippen molar-refractivity contribution in [3.8, 4) is 11.3 Å². The number of rotatable bonds is 5. The quantitative estimate of drug-likeness (QED) is 0.832. The van der Waals surface area contributed by atoms with E-state index in [0.717, 1.165) is 22.7 Å². The Labute approximate surface area is 149 Å². The highest BCUT2D eigenvalue weighted by Gasteiger charge is 2.21. The molecule has 132 valence electrons. The first-order valence-electron chi connectivity index (χ1n) is 9.10. The number of hydrogen-bond donors (Lipinski definition) is 1. The summed E-state index contributed by atoms with van der Waals surface area (Å²) in [6, 6.07) is 8.67. The Morgan fingerprint density at radius 2 is 2.08 bits per heavy atom. The van der Waals surface area contributed by atoms with Crippen molar-refractivity contribution in [2.24, 2.45) is 13.0 Å². The van der Waals surface area contributed by atoms with Gasteiger partial charge in [0, 0.05) is 25.4 Å². The molecule has 1 aromatic heterocycles. The van der Waals surface area contributed by atoms with Crippen molar-refractivity contribution in [3.63, 3.8) is 0 Å². The molecule has 1 heterocycles. The molecule has 0 radical (unpaired) electrons. The monoisotopic (exact) mass is 337 g/mol. The first kappa shape index (κ1) is 17.5. The van der Waals surface area contributed by atoms with Crippen LogP contribution in [0.1, 0.15) is 49.7 Å². The van der Waals surface area contributed by atoms with Crippen LogP contribution in [-0.4, -0.2) is 15.7 Å². The van der Waals surface area contributed by atoms with E-state index >= 15 is 0 Å². The molecular weight excluding hydrogens is 310 g/mol. The molecule has 4 nitrogen and oxygen atoms in total. The normalized spacial score (nSPS) is 20.2. The second kappa shape index (κ2) is 7.68. The van der Waals surface area contributed by atoms with Gasteiger partial charge >= 0.3 is 0 Å². The molecular formula is C21H27N3O. The molecule has 1 aromatic carbocycles. The van der Waals surface area contributed by atoms with Gasteiger partial charge < -0.3 is 5.32 Å². The van der Waals surface area contributed by atoms with E-state index in [4.69, 9.17) is 0 Å². The van der Waals surface area contributed by atoms with Crippen LogP contribution in [0.4, 0.5) is 0 Å². The van der Waals surface area contributed by atoms with Crippen molar-refractivity contribution >= 4 is 5.91 Å². The molecule has 0 saturated heterocycles. The largest absolute Gasteiger partial charge is 0.348 e. The van der Waals surface area contributed by atoms with E-state index in [2.05, 4.69) is 42.1 Å². The minimum atomic E-state index is -0.155. The fraction of sp³-hybridized carbons (Fsp3) is 0.429. The first-order valence-corrected chi connectivity index (χ1v) is 9.10. The van der Waals surface area contributed by atoms with Gasteiger partial charge in [0.25, 0.3) is 0 Å². The zero-order valence-corrected chi connectivity index (χ0v) is 15.2. The highest BCUT2D eigenvalue weighted by molar-refractivity contribution is 5.86. The lowest BCUT2D eigenvalue weighted by atomic mass is 9.79. The van der Waals surface area contributed by atoms with Crippen LogP contribution in [0.15, 0.2) is 43.1 Å². The average molecular weight is 337 g/mol. The molecule has 0 atom stereocenters. The molecule has 1 fully saturated rings. The van der Waals surface area contributed by atoms with Crippen LogP contribution >= 0.6 is 0 Å². The molecule has 0 spiro atoms. The lowest BCUT2D eigenvalue weighted by molar-refractivity contribution is -0.116. The van der Waals surface area contributed by atoms with Gasteiger partial charge in [0.15, 0.2) is 0 Å². The third kappa shape index (κ3) is 4.19. The minimum absolute atomic E-state index is 0.155. The SMILES string of the molecule is C=CC(=O)NCc1ccc([C@H]2CC[C@@H](C)CC2)cc1-c1ccn(C)n1. The van der Waals surface area contributed by atoms with Gasteiger partial charge in [-0.3, -0.25) is 9.48 Å². The molecule has 4 heteroatoms. The zero-order valence-electron chi connectivity index (χ0n) is 15.2. The van der Waals surface area contributed by atoms with Gasteiger partial charge in [-0.25, -0.2) is 0 Å². The van der Waals surface area contributed by atoms with E-state index < -0.39 is 0 Å². The van der Waals surface area contributed by atoms with Gasteiger partial charge in [-0.2, -0.15) is 5.10 Å². The molecule has 1 N–H and O–H groups in total. The summed E-state index contributed by atoms with van der Waals surface area (Å²) in [5.74, 6) is 1.33. The number of benzene rings is 1. The second-order valence-electron chi connectivity index (χ2n) is 7.17. The fourth-order valence-corrected chi connectivity index (χ4v) is 3.65. The number of nitrogens with one attached hydrogen (secondary N) is 1. The van der Waals surface area contributed by atoms with Crippen LogP contribution in [0.5, 0.6) is 0 Å². The molecule has 25 heavy (non-hydrogen) atoms. The Hall–Kier alpha value is -2.36. The van der Waals surface area contributed by atoms with E-state index in [9.17, 15) is 4.79 Å². The average Bonchev–Trinajstić information content (AvgIpc) is 3.06. The maximum Gasteiger partial charge on any atom is 0.243 e. The maximum absolute atomic E-state index is 11.5. The van der Waals surface area contributed by atoms with Crippen LogP contribution in [0.2, 0.25) is 0 Å². The summed E-state index contributed by atoms with van der Waals surface area (Å²) in [6.45, 7) is 6.34. The Balaban J connectivity index is 1.90. The molecule has 0 aliphatic heterocycles. The molecule has 1 saturated carbocycles. The van der Waals surface area contributed by atoms with Crippen molar-refractivity contribution in [1.82, 2.24) is 15.1 Å². The van der Waals surface area contributed by atoms with Crippen molar-refractivity contribution in [2.45, 2.75) is 45.1 Å². The van der Waals surface area contributed by atoms with Crippen molar-refractivity contribution in [3.05, 3.63) is 54.2 Å². The number of amides is 1. The second-order valence-corrected chi connectivity index (χ2v) is 7.17. The summed E-state index contributed by atoms with van der Waals surface area (Å²) in [7, 11) is 1.93. The van der Waals surface area contributed by atoms with E-state index in [1.54, 1.807) is 0 Å². The summed E-state index contributed by atoms with van der Waals surface area (Å²) in [5.41, 5.74) is 4.55. The van der Waals surface area contributed by atoms with Crippen LogP contribution in [-0.2, 0) is 18.4 Å². The Kier molecular flexibility index (Phi) is 5.37. The van der Waals surface area contributed by atoms with Crippen molar-refractivity contribution < 1.29 is 4.79 Å². The van der Waals surface area contributed by atoms with E-state index in [-0.39, 0.29) is 5.91 Å². The number of carbonyl (C=O) groups excluding carboxylic acids is 1. The van der Waals surface area contributed by atoms with Crippen LogP contribution in [0, 0.1) is 5.92 Å². The number of aryl methyl sites for hydroxylation is 1. The topological polar surface area (TPSA) is 46.9 Å². The van der Waals surface area contributed by atoms with Gasteiger partial charge in [-0.15, -0.1) is 0 Å². The summed E-state index contributed by atoms with van der Waals surface area (Å²) >= 11 is 0. The number of aromatic nitrogens is 2. The van der Waals surface area contributed by atoms with Crippen molar-refractivity contribution in [2.75, 3.05) is 0 Å². The molecule has 1 aliphatic rings. The molecule has 2 aromatic rings. The van der Waals surface area contributed by atoms with E-state index in [1.807, 2.05) is 24.0 Å². The van der Waals surface area contributed by atoms with Crippen LogP contribution in [0.25, 0.3) is 11.3 Å². The molecule has 0 bridgehead atoms. The number of hydrogen-bond acceptors (Lipinski definition) is 2. The molecule has 1 amide bonds. The number of nitrogens with zero attached hydrogens (tertiary/aromatic N) is 2. The predicted molar refractivity (Wildman–Crippen MR) is 101 cm³/mol. The molecule has 0 unspecified atom stereocenters.